The van der Waals surface area contributed by atoms with Gasteiger partial charge >= 0.3 is 13.1 Å². The summed E-state index contributed by atoms with van der Waals surface area (Å²) in [6.45, 7) is 8.15. The normalized spacial score (nSPS) is 16.6. The Kier molecular flexibility index (Phi) is 7.92. The van der Waals surface area contributed by atoms with Gasteiger partial charge in [-0.3, -0.25) is 10.1 Å². The molecule has 224 valence electrons. The minimum absolute atomic E-state index is 0.345. The maximum absolute atomic E-state index is 13.6. The zero-order valence-electron chi connectivity index (χ0n) is 25.9. The Labute approximate surface area is 259 Å². The second kappa shape index (κ2) is 11.7. The average Bonchev–Trinajstić information content (AvgIpc) is 3.62. The van der Waals surface area contributed by atoms with Gasteiger partial charge in [-0.05, 0) is 50.5 Å². The number of hydrogen-bond donors (Lipinski definition) is 1. The Bertz CT molecular complexity index is 1630. The third kappa shape index (κ3) is 5.23. The van der Waals surface area contributed by atoms with Crippen LogP contribution < -0.4 is 10.8 Å². The Morgan fingerprint density at radius 2 is 1.34 bits per heavy atom. The molecule has 0 bridgehead atoms. The number of ether oxygens (including phenoxy) is 1. The molecule has 3 heterocycles. The van der Waals surface area contributed by atoms with E-state index in [-0.39, 0.29) is 5.97 Å². The third-order valence-electron chi connectivity index (χ3n) is 9.08. The van der Waals surface area contributed by atoms with Crippen molar-refractivity contribution in [2.75, 3.05) is 7.11 Å². The van der Waals surface area contributed by atoms with Gasteiger partial charge in [-0.15, -0.1) is 0 Å². The number of fused-ring (bicyclic) bond motifs is 1. The number of rotatable bonds is 9. The molecule has 0 spiro atoms. The Morgan fingerprint density at radius 1 is 0.841 bits per heavy atom. The number of methoxy groups -OCH3 is 1. The van der Waals surface area contributed by atoms with E-state index < -0.39 is 29.9 Å². The fourth-order valence-corrected chi connectivity index (χ4v) is 6.03. The molecule has 1 atom stereocenters. The van der Waals surface area contributed by atoms with Crippen LogP contribution in [0.25, 0.3) is 5.65 Å². The van der Waals surface area contributed by atoms with Crippen molar-refractivity contribution in [2.24, 2.45) is 0 Å². The largest absolute Gasteiger partial charge is 0.498 e. The number of imidazole rings is 1. The van der Waals surface area contributed by atoms with E-state index in [1.807, 2.05) is 105 Å². The van der Waals surface area contributed by atoms with Gasteiger partial charge in [0.25, 0.3) is 0 Å². The Morgan fingerprint density at radius 3 is 1.82 bits per heavy atom. The average molecular weight is 588 g/mol. The van der Waals surface area contributed by atoms with Crippen LogP contribution >= 0.6 is 0 Å². The highest BCUT2D eigenvalue weighted by Gasteiger charge is 2.52. The van der Waals surface area contributed by atoms with Crippen molar-refractivity contribution in [3.05, 3.63) is 138 Å². The van der Waals surface area contributed by atoms with Gasteiger partial charge in [0.2, 0.25) is 0 Å². The highest BCUT2D eigenvalue weighted by atomic mass is 16.7. The second-order valence-electron chi connectivity index (χ2n) is 12.3. The van der Waals surface area contributed by atoms with E-state index in [4.69, 9.17) is 14.0 Å². The van der Waals surface area contributed by atoms with Crippen molar-refractivity contribution < 1.29 is 18.8 Å². The fraction of sp³-hybridized carbons (Fsp3) is 0.278. The summed E-state index contributed by atoms with van der Waals surface area (Å²) in [5.74, 6) is -0.361. The lowest BCUT2D eigenvalue weighted by Gasteiger charge is -2.39. The molecule has 0 unspecified atom stereocenters. The van der Waals surface area contributed by atoms with Crippen LogP contribution in [-0.4, -0.2) is 46.8 Å². The number of pyridine rings is 1. The molecule has 0 radical (unpaired) electrons. The zero-order chi connectivity index (χ0) is 31.0. The molecule has 0 saturated carbocycles. The lowest BCUT2D eigenvalue weighted by Crippen LogP contribution is -2.53. The van der Waals surface area contributed by atoms with E-state index in [1.165, 1.54) is 7.11 Å². The predicted octanol–water partition coefficient (Wildman–Crippen LogP) is 5.30. The van der Waals surface area contributed by atoms with Crippen LogP contribution in [0.2, 0.25) is 0 Å². The Hall–Kier alpha value is -4.24. The predicted molar refractivity (Wildman–Crippen MR) is 173 cm³/mol. The van der Waals surface area contributed by atoms with E-state index in [2.05, 4.69) is 46.7 Å². The molecule has 6 rings (SSSR count). The minimum Gasteiger partial charge on any atom is -0.468 e. The summed E-state index contributed by atoms with van der Waals surface area (Å²) < 4.78 is 20.1. The Balaban J connectivity index is 1.44. The molecule has 0 amide bonds. The fourth-order valence-electron chi connectivity index (χ4n) is 6.03. The number of nitrogens with zero attached hydrogens (tertiary/aromatic N) is 2. The van der Waals surface area contributed by atoms with Crippen molar-refractivity contribution in [2.45, 2.75) is 56.9 Å². The summed E-state index contributed by atoms with van der Waals surface area (Å²) in [7, 11) is 0.871. The first-order valence-electron chi connectivity index (χ1n) is 15.0. The third-order valence-corrected chi connectivity index (χ3v) is 9.08. The molecular formula is C36H38BN3O4. The van der Waals surface area contributed by atoms with Gasteiger partial charge in [0.15, 0.2) is 0 Å². The van der Waals surface area contributed by atoms with Gasteiger partial charge in [0.1, 0.15) is 11.7 Å². The number of hydrogen-bond acceptors (Lipinski definition) is 6. The van der Waals surface area contributed by atoms with Crippen LogP contribution in [0, 0.1) is 0 Å². The van der Waals surface area contributed by atoms with E-state index >= 15 is 0 Å². The number of carbonyl (C=O) groups is 1. The van der Waals surface area contributed by atoms with Gasteiger partial charge in [0.05, 0.1) is 23.9 Å². The van der Waals surface area contributed by atoms with Crippen molar-refractivity contribution >= 4 is 24.2 Å². The maximum atomic E-state index is 13.6. The van der Waals surface area contributed by atoms with Crippen LogP contribution in [0.1, 0.15) is 50.1 Å². The summed E-state index contributed by atoms with van der Waals surface area (Å²) in [6.07, 6.45) is 4.01. The van der Waals surface area contributed by atoms with E-state index in [1.54, 1.807) is 6.20 Å². The van der Waals surface area contributed by atoms with Crippen LogP contribution in [0.5, 0.6) is 0 Å². The smallest absolute Gasteiger partial charge is 0.468 e. The van der Waals surface area contributed by atoms with Crippen molar-refractivity contribution in [1.29, 1.82) is 0 Å². The maximum Gasteiger partial charge on any atom is 0.498 e. The molecule has 8 heteroatoms. The molecule has 5 aromatic rings. The quantitative estimate of drug-likeness (QED) is 0.143. The van der Waals surface area contributed by atoms with Crippen molar-refractivity contribution in [1.82, 2.24) is 14.7 Å². The molecule has 1 fully saturated rings. The molecule has 1 aliphatic rings. The molecule has 1 aliphatic heterocycles. The second-order valence-corrected chi connectivity index (χ2v) is 12.3. The molecule has 1 N–H and O–H groups in total. The van der Waals surface area contributed by atoms with Gasteiger partial charge in [0, 0.05) is 30.0 Å². The van der Waals surface area contributed by atoms with Crippen LogP contribution in [0.3, 0.4) is 0 Å². The molecule has 3 aromatic carbocycles. The molecule has 44 heavy (non-hydrogen) atoms. The molecule has 2 aromatic heterocycles. The monoisotopic (exact) mass is 587 g/mol. The van der Waals surface area contributed by atoms with E-state index in [0.717, 1.165) is 33.5 Å². The number of esters is 1. The highest BCUT2D eigenvalue weighted by molar-refractivity contribution is 6.64. The SMILES string of the molecule is COC(=O)[C@H](Cc1ccc(B2OC(C)(C)C(C)(C)O2)c2nccn12)NC(c1ccccc1)(c1ccccc1)c1ccccc1. The topological polar surface area (TPSA) is 74.1 Å². The first kappa shape index (κ1) is 29.8. The summed E-state index contributed by atoms with van der Waals surface area (Å²) >= 11 is 0. The lowest BCUT2D eigenvalue weighted by molar-refractivity contribution is -0.143. The first-order valence-corrected chi connectivity index (χ1v) is 15.0. The standard InChI is InChI=1S/C36H38BN3O4/c1-34(2)35(3,4)44-37(43-34)30-22-21-29(40-24-23-38-32(30)40)25-31(33(41)42-5)39-36(26-15-9-6-10-16-26,27-17-11-7-12-18-27)28-19-13-8-14-20-28/h6-24,31,39H,25H2,1-5H3/t31-/m0/s1. The first-order chi connectivity index (χ1) is 21.2. The number of benzene rings is 3. The van der Waals surface area contributed by atoms with E-state index in [0.29, 0.717) is 6.42 Å². The molecule has 7 nitrogen and oxygen atoms in total. The van der Waals surface area contributed by atoms with Gasteiger partial charge in [-0.1, -0.05) is 97.1 Å². The number of nitrogens with one attached hydrogen (secondary N) is 1. The zero-order valence-corrected chi connectivity index (χ0v) is 25.9. The summed E-state index contributed by atoms with van der Waals surface area (Å²) in [6, 6.07) is 34.0. The van der Waals surface area contributed by atoms with Crippen LogP contribution in [0.4, 0.5) is 0 Å². The lowest BCUT2D eigenvalue weighted by atomic mass is 9.76. The van der Waals surface area contributed by atoms with Crippen LogP contribution in [0.15, 0.2) is 116 Å². The summed E-state index contributed by atoms with van der Waals surface area (Å²) in [5, 5.41) is 3.81. The van der Waals surface area contributed by atoms with Gasteiger partial charge in [-0.25, -0.2) is 4.98 Å². The highest BCUT2D eigenvalue weighted by Crippen LogP contribution is 2.38. The number of aromatic nitrogens is 2. The van der Waals surface area contributed by atoms with Crippen molar-refractivity contribution in [3.8, 4) is 0 Å². The molecule has 0 aliphatic carbocycles. The minimum atomic E-state index is -0.848. The van der Waals surface area contributed by atoms with Gasteiger partial charge < -0.3 is 18.4 Å². The van der Waals surface area contributed by atoms with E-state index in [9.17, 15) is 4.79 Å². The summed E-state index contributed by atoms with van der Waals surface area (Å²) in [5.41, 5.74) is 3.69. The van der Waals surface area contributed by atoms with Crippen molar-refractivity contribution in [3.63, 3.8) is 0 Å². The van der Waals surface area contributed by atoms with Gasteiger partial charge in [-0.2, -0.15) is 0 Å². The van der Waals surface area contributed by atoms with Crippen LogP contribution in [-0.2, 0) is 30.8 Å². The summed E-state index contributed by atoms with van der Waals surface area (Å²) in [4.78, 5) is 18.3. The molecular weight excluding hydrogens is 549 g/mol. The number of carbonyl (C=O) groups excluding carboxylic acids is 1. The molecule has 1 saturated heterocycles.